The van der Waals surface area contributed by atoms with Crippen molar-refractivity contribution in [2.45, 2.75) is 6.54 Å². The Morgan fingerprint density at radius 1 is 1.47 bits per heavy atom. The van der Waals surface area contributed by atoms with Crippen LogP contribution in [0.25, 0.3) is 0 Å². The molecule has 0 aliphatic rings. The van der Waals surface area contributed by atoms with E-state index in [-0.39, 0.29) is 5.91 Å². The van der Waals surface area contributed by atoms with Gasteiger partial charge in [0.1, 0.15) is 11.6 Å². The molecule has 0 aliphatic heterocycles. The van der Waals surface area contributed by atoms with Crippen molar-refractivity contribution in [2.24, 2.45) is 0 Å². The Morgan fingerprint density at radius 3 is 3.06 bits per heavy atom. The van der Waals surface area contributed by atoms with Gasteiger partial charge in [-0.15, -0.1) is 0 Å². The quantitative estimate of drug-likeness (QED) is 0.839. The Morgan fingerprint density at radius 2 is 2.35 bits per heavy atom. The van der Waals surface area contributed by atoms with Crippen molar-refractivity contribution < 1.29 is 9.21 Å². The minimum atomic E-state index is -0.152. The number of carbonyl (C=O) groups is 1. The molecule has 17 heavy (non-hydrogen) atoms. The van der Waals surface area contributed by atoms with Crippen LogP contribution in [0.4, 0.5) is 5.82 Å². The second-order valence-corrected chi connectivity index (χ2v) is 3.44. The van der Waals surface area contributed by atoms with Gasteiger partial charge in [0.15, 0.2) is 0 Å². The Hall–Kier alpha value is -2.30. The van der Waals surface area contributed by atoms with Crippen LogP contribution in [0.15, 0.2) is 41.1 Å². The van der Waals surface area contributed by atoms with E-state index in [0.29, 0.717) is 17.9 Å². The summed E-state index contributed by atoms with van der Waals surface area (Å²) < 4.78 is 5.13. The summed E-state index contributed by atoms with van der Waals surface area (Å²) in [5, 5.41) is 5.65. The maximum Gasteiger partial charge on any atom is 0.251 e. The highest BCUT2D eigenvalue weighted by Crippen LogP contribution is 2.06. The van der Waals surface area contributed by atoms with Crippen LogP contribution >= 0.6 is 0 Å². The van der Waals surface area contributed by atoms with Gasteiger partial charge in [0.25, 0.3) is 5.91 Å². The van der Waals surface area contributed by atoms with E-state index in [9.17, 15) is 4.79 Å². The van der Waals surface area contributed by atoms with Crippen LogP contribution in [-0.4, -0.2) is 17.9 Å². The molecule has 0 bridgehead atoms. The number of rotatable bonds is 4. The van der Waals surface area contributed by atoms with Gasteiger partial charge in [-0.1, -0.05) is 0 Å². The van der Waals surface area contributed by atoms with Crippen LogP contribution in [0.3, 0.4) is 0 Å². The third-order valence-corrected chi connectivity index (χ3v) is 2.28. The molecule has 88 valence electrons. The van der Waals surface area contributed by atoms with E-state index >= 15 is 0 Å². The first-order chi connectivity index (χ1) is 8.29. The first-order valence-corrected chi connectivity index (χ1v) is 5.24. The van der Waals surface area contributed by atoms with Crippen molar-refractivity contribution in [1.82, 2.24) is 10.3 Å². The fourth-order valence-electron chi connectivity index (χ4n) is 1.39. The predicted octanol–water partition coefficient (Wildman–Crippen LogP) is 1.65. The smallest absolute Gasteiger partial charge is 0.251 e. The summed E-state index contributed by atoms with van der Waals surface area (Å²) in [7, 11) is 1.76. The molecule has 1 amide bonds. The van der Waals surface area contributed by atoms with Gasteiger partial charge < -0.3 is 15.1 Å². The number of pyridine rings is 1. The number of furan rings is 1. The monoisotopic (exact) mass is 231 g/mol. The third kappa shape index (κ3) is 2.84. The van der Waals surface area contributed by atoms with E-state index in [1.807, 2.05) is 6.07 Å². The number of nitrogens with one attached hydrogen (secondary N) is 2. The zero-order valence-electron chi connectivity index (χ0n) is 9.43. The second kappa shape index (κ2) is 5.16. The zero-order valence-corrected chi connectivity index (χ0v) is 9.43. The molecule has 0 radical (unpaired) electrons. The first-order valence-electron chi connectivity index (χ1n) is 5.24. The highest BCUT2D eigenvalue weighted by Gasteiger charge is 2.06. The van der Waals surface area contributed by atoms with Gasteiger partial charge in [-0.25, -0.2) is 4.98 Å². The van der Waals surface area contributed by atoms with Gasteiger partial charge in [0.2, 0.25) is 0 Å². The van der Waals surface area contributed by atoms with Gasteiger partial charge in [-0.3, -0.25) is 4.79 Å². The molecule has 2 N–H and O–H groups in total. The summed E-state index contributed by atoms with van der Waals surface area (Å²) in [4.78, 5) is 15.8. The molecule has 0 saturated heterocycles. The van der Waals surface area contributed by atoms with Crippen LogP contribution in [0.1, 0.15) is 16.1 Å². The maximum absolute atomic E-state index is 11.8. The summed E-state index contributed by atoms with van der Waals surface area (Å²) in [6, 6.07) is 6.95. The standard InChI is InChI=1S/C12H13N3O2/c1-13-11-7-9(4-5-14-11)12(16)15-8-10-3-2-6-17-10/h2-7H,8H2,1H3,(H,13,14)(H,15,16). The predicted molar refractivity (Wildman–Crippen MR) is 63.7 cm³/mol. The van der Waals surface area contributed by atoms with E-state index in [2.05, 4.69) is 15.6 Å². The molecule has 2 aromatic heterocycles. The lowest BCUT2D eigenvalue weighted by atomic mass is 10.2. The van der Waals surface area contributed by atoms with E-state index in [1.165, 1.54) is 0 Å². The van der Waals surface area contributed by atoms with Crippen LogP contribution in [0.2, 0.25) is 0 Å². The van der Waals surface area contributed by atoms with Crippen molar-refractivity contribution in [3.05, 3.63) is 48.0 Å². The van der Waals surface area contributed by atoms with Gasteiger partial charge in [0, 0.05) is 18.8 Å². The highest BCUT2D eigenvalue weighted by molar-refractivity contribution is 5.94. The van der Waals surface area contributed by atoms with E-state index in [0.717, 1.165) is 5.76 Å². The Labute approximate surface area is 98.9 Å². The Bertz CT molecular complexity index is 494. The third-order valence-electron chi connectivity index (χ3n) is 2.28. The van der Waals surface area contributed by atoms with Crippen molar-refractivity contribution in [3.8, 4) is 0 Å². The van der Waals surface area contributed by atoms with Crippen LogP contribution < -0.4 is 10.6 Å². The number of hydrogen-bond acceptors (Lipinski definition) is 4. The number of nitrogens with zero attached hydrogens (tertiary/aromatic N) is 1. The number of hydrogen-bond donors (Lipinski definition) is 2. The number of carbonyl (C=O) groups excluding carboxylic acids is 1. The normalized spacial score (nSPS) is 9.94. The molecule has 0 spiro atoms. The van der Waals surface area contributed by atoms with Crippen LogP contribution in [0.5, 0.6) is 0 Å². The molecule has 0 unspecified atom stereocenters. The molecule has 5 heteroatoms. The molecule has 2 aromatic rings. The van der Waals surface area contributed by atoms with Gasteiger partial charge >= 0.3 is 0 Å². The summed E-state index contributed by atoms with van der Waals surface area (Å²) in [5.74, 6) is 1.23. The molecule has 0 fully saturated rings. The highest BCUT2D eigenvalue weighted by atomic mass is 16.3. The summed E-state index contributed by atoms with van der Waals surface area (Å²) in [5.41, 5.74) is 0.566. The van der Waals surface area contributed by atoms with E-state index in [4.69, 9.17) is 4.42 Å². The maximum atomic E-state index is 11.8. The zero-order chi connectivity index (χ0) is 12.1. The first kappa shape index (κ1) is 11.2. The van der Waals surface area contributed by atoms with Crippen LogP contribution in [0, 0.1) is 0 Å². The summed E-state index contributed by atoms with van der Waals surface area (Å²) in [6.45, 7) is 0.378. The Balaban J connectivity index is 1.99. The summed E-state index contributed by atoms with van der Waals surface area (Å²) >= 11 is 0. The topological polar surface area (TPSA) is 67.2 Å². The molecular weight excluding hydrogens is 218 g/mol. The lowest BCUT2D eigenvalue weighted by Gasteiger charge is -2.04. The van der Waals surface area contributed by atoms with Crippen molar-refractivity contribution in [1.29, 1.82) is 0 Å². The van der Waals surface area contributed by atoms with E-state index in [1.54, 1.807) is 37.7 Å². The minimum Gasteiger partial charge on any atom is -0.467 e. The lowest BCUT2D eigenvalue weighted by molar-refractivity contribution is 0.0948. The fraction of sp³-hybridized carbons (Fsp3) is 0.167. The van der Waals surface area contributed by atoms with Crippen molar-refractivity contribution in [2.75, 3.05) is 12.4 Å². The molecule has 0 saturated carbocycles. The number of anilines is 1. The SMILES string of the molecule is CNc1cc(C(=O)NCc2ccco2)ccn1. The van der Waals surface area contributed by atoms with Crippen molar-refractivity contribution >= 4 is 11.7 Å². The molecule has 2 heterocycles. The van der Waals surface area contributed by atoms with Crippen LogP contribution in [-0.2, 0) is 6.54 Å². The molecule has 0 aliphatic carbocycles. The number of amides is 1. The van der Waals surface area contributed by atoms with Gasteiger partial charge in [0.05, 0.1) is 12.8 Å². The van der Waals surface area contributed by atoms with E-state index < -0.39 is 0 Å². The molecule has 2 rings (SSSR count). The average molecular weight is 231 g/mol. The van der Waals surface area contributed by atoms with Gasteiger partial charge in [-0.05, 0) is 24.3 Å². The largest absolute Gasteiger partial charge is 0.467 e. The summed E-state index contributed by atoms with van der Waals surface area (Å²) in [6.07, 6.45) is 3.17. The molecule has 0 aromatic carbocycles. The van der Waals surface area contributed by atoms with Crippen molar-refractivity contribution in [3.63, 3.8) is 0 Å². The fourth-order valence-corrected chi connectivity index (χ4v) is 1.39. The minimum absolute atomic E-state index is 0.152. The number of aromatic nitrogens is 1. The molecule has 5 nitrogen and oxygen atoms in total. The second-order valence-electron chi connectivity index (χ2n) is 3.44. The molecular formula is C12H13N3O2. The average Bonchev–Trinajstić information content (AvgIpc) is 2.89. The van der Waals surface area contributed by atoms with Gasteiger partial charge in [-0.2, -0.15) is 0 Å². The lowest BCUT2D eigenvalue weighted by Crippen LogP contribution is -2.22. The Kier molecular flexibility index (Phi) is 3.40. The molecule has 0 atom stereocenters.